The Kier molecular flexibility index (Phi) is 10.0. The smallest absolute Gasteiger partial charge is 0.254 e. The summed E-state index contributed by atoms with van der Waals surface area (Å²) in [5.41, 5.74) is 0.369. The Morgan fingerprint density at radius 3 is 2.08 bits per heavy atom. The van der Waals surface area contributed by atoms with Crippen LogP contribution in [0.4, 0.5) is 17.6 Å². The van der Waals surface area contributed by atoms with E-state index in [4.69, 9.17) is 4.74 Å². The molecule has 0 unspecified atom stereocenters. The molecule has 37 heavy (non-hydrogen) atoms. The predicted molar refractivity (Wildman–Crippen MR) is 142 cm³/mol. The molecule has 1 aromatic rings. The van der Waals surface area contributed by atoms with Crippen LogP contribution in [0.3, 0.4) is 0 Å². The van der Waals surface area contributed by atoms with Gasteiger partial charge >= 0.3 is 0 Å². The zero-order chi connectivity index (χ0) is 26.4. The SMILES string of the molecule is C=CC1CCC(c2ccc(OCCC(F)(F)C3CCC(C4CCC(CCC)CC4)CC3)c(F)c2F)CC1. The first-order valence-electron chi connectivity index (χ1n) is 14.9. The van der Waals surface area contributed by atoms with Gasteiger partial charge in [0, 0.05) is 12.3 Å². The van der Waals surface area contributed by atoms with E-state index in [1.807, 2.05) is 6.08 Å². The lowest BCUT2D eigenvalue weighted by atomic mass is 9.68. The van der Waals surface area contributed by atoms with Crippen LogP contribution >= 0.6 is 0 Å². The highest BCUT2D eigenvalue weighted by atomic mass is 19.3. The Labute approximate surface area is 221 Å². The van der Waals surface area contributed by atoms with Gasteiger partial charge in [0.2, 0.25) is 5.82 Å². The van der Waals surface area contributed by atoms with E-state index >= 15 is 8.78 Å². The van der Waals surface area contributed by atoms with Crippen molar-refractivity contribution in [3.63, 3.8) is 0 Å². The van der Waals surface area contributed by atoms with Crippen LogP contribution in [0.1, 0.15) is 115 Å². The summed E-state index contributed by atoms with van der Waals surface area (Å²) in [5, 5.41) is 0. The van der Waals surface area contributed by atoms with Crippen LogP contribution < -0.4 is 4.74 Å². The molecule has 0 N–H and O–H groups in total. The number of alkyl halides is 2. The van der Waals surface area contributed by atoms with Crippen LogP contribution in [-0.4, -0.2) is 12.5 Å². The van der Waals surface area contributed by atoms with Crippen molar-refractivity contribution in [2.45, 2.75) is 115 Å². The summed E-state index contributed by atoms with van der Waals surface area (Å²) in [4.78, 5) is 0. The van der Waals surface area contributed by atoms with Crippen molar-refractivity contribution >= 4 is 0 Å². The average molecular weight is 523 g/mol. The fraction of sp³-hybridized carbons (Fsp3) is 0.750. The summed E-state index contributed by atoms with van der Waals surface area (Å²) in [7, 11) is 0. The number of hydrogen-bond donors (Lipinski definition) is 0. The van der Waals surface area contributed by atoms with E-state index in [0.717, 1.165) is 44.4 Å². The first kappa shape index (κ1) is 28.5. The topological polar surface area (TPSA) is 9.23 Å². The fourth-order valence-corrected chi connectivity index (χ4v) is 7.51. The molecular formula is C32H46F4O. The van der Waals surface area contributed by atoms with Gasteiger partial charge in [0.15, 0.2) is 11.6 Å². The quantitative estimate of drug-likeness (QED) is 0.219. The van der Waals surface area contributed by atoms with Gasteiger partial charge in [-0.1, -0.05) is 44.7 Å². The van der Waals surface area contributed by atoms with Gasteiger partial charge in [-0.3, -0.25) is 0 Å². The van der Waals surface area contributed by atoms with Gasteiger partial charge in [0.1, 0.15) is 0 Å². The predicted octanol–water partition coefficient (Wildman–Crippen LogP) is 10.2. The Morgan fingerprint density at radius 1 is 0.865 bits per heavy atom. The molecule has 5 heteroatoms. The first-order chi connectivity index (χ1) is 17.8. The van der Waals surface area contributed by atoms with E-state index < -0.39 is 29.9 Å². The van der Waals surface area contributed by atoms with Crippen molar-refractivity contribution in [2.24, 2.45) is 29.6 Å². The molecule has 208 valence electrons. The molecule has 0 spiro atoms. The maximum Gasteiger partial charge on any atom is 0.254 e. The third-order valence-electron chi connectivity index (χ3n) is 9.94. The van der Waals surface area contributed by atoms with Gasteiger partial charge in [-0.15, -0.1) is 6.58 Å². The van der Waals surface area contributed by atoms with Crippen LogP contribution in [0.5, 0.6) is 5.75 Å². The van der Waals surface area contributed by atoms with Crippen LogP contribution in [0.2, 0.25) is 0 Å². The number of ether oxygens (including phenoxy) is 1. The number of benzene rings is 1. The number of hydrogen-bond acceptors (Lipinski definition) is 1. The molecule has 0 bridgehead atoms. The summed E-state index contributed by atoms with van der Waals surface area (Å²) in [6.45, 7) is 5.77. The van der Waals surface area contributed by atoms with Crippen molar-refractivity contribution in [3.8, 4) is 5.75 Å². The number of allylic oxidation sites excluding steroid dienone is 1. The highest BCUT2D eigenvalue weighted by molar-refractivity contribution is 5.33. The lowest BCUT2D eigenvalue weighted by molar-refractivity contribution is -0.0909. The summed E-state index contributed by atoms with van der Waals surface area (Å²) in [5.74, 6) is -3.11. The molecule has 0 aliphatic heterocycles. The van der Waals surface area contributed by atoms with Gasteiger partial charge in [-0.05, 0) is 105 Å². The maximum atomic E-state index is 15.0. The van der Waals surface area contributed by atoms with Gasteiger partial charge in [0.25, 0.3) is 5.92 Å². The molecule has 0 atom stereocenters. The van der Waals surface area contributed by atoms with E-state index in [9.17, 15) is 8.78 Å². The molecule has 0 amide bonds. The lowest BCUT2D eigenvalue weighted by Gasteiger charge is -2.39. The van der Waals surface area contributed by atoms with Gasteiger partial charge in [-0.2, -0.15) is 4.39 Å². The van der Waals surface area contributed by atoms with E-state index in [1.54, 1.807) is 6.07 Å². The summed E-state index contributed by atoms with van der Waals surface area (Å²) in [6.07, 6.45) is 15.5. The Morgan fingerprint density at radius 2 is 1.49 bits per heavy atom. The summed E-state index contributed by atoms with van der Waals surface area (Å²) >= 11 is 0. The zero-order valence-electron chi connectivity index (χ0n) is 22.6. The third kappa shape index (κ3) is 7.12. The van der Waals surface area contributed by atoms with Crippen LogP contribution in [0.25, 0.3) is 0 Å². The molecule has 3 aliphatic rings. The normalized spacial score (nSPS) is 31.2. The Balaban J connectivity index is 1.23. The molecule has 1 aromatic carbocycles. The second-order valence-corrected chi connectivity index (χ2v) is 12.2. The minimum absolute atomic E-state index is 0.0226. The largest absolute Gasteiger partial charge is 0.490 e. The minimum Gasteiger partial charge on any atom is -0.490 e. The first-order valence-corrected chi connectivity index (χ1v) is 14.9. The lowest BCUT2D eigenvalue weighted by Crippen LogP contribution is -2.35. The molecule has 0 radical (unpaired) electrons. The molecule has 0 aromatic heterocycles. The summed E-state index contributed by atoms with van der Waals surface area (Å²) in [6, 6.07) is 2.98. The number of rotatable bonds is 10. The van der Waals surface area contributed by atoms with Gasteiger partial charge in [-0.25, -0.2) is 13.2 Å². The van der Waals surface area contributed by atoms with Gasteiger partial charge < -0.3 is 4.74 Å². The molecule has 3 aliphatic carbocycles. The monoisotopic (exact) mass is 522 g/mol. The summed E-state index contributed by atoms with van der Waals surface area (Å²) < 4.78 is 64.9. The second kappa shape index (κ2) is 13.0. The second-order valence-electron chi connectivity index (χ2n) is 12.2. The van der Waals surface area contributed by atoms with Crippen molar-refractivity contribution < 1.29 is 22.3 Å². The van der Waals surface area contributed by atoms with Crippen LogP contribution in [-0.2, 0) is 0 Å². The van der Waals surface area contributed by atoms with Crippen LogP contribution in [0.15, 0.2) is 24.8 Å². The van der Waals surface area contributed by atoms with E-state index in [-0.39, 0.29) is 18.3 Å². The number of halogens is 4. The molecule has 3 saturated carbocycles. The highest BCUT2D eigenvalue weighted by Gasteiger charge is 2.42. The standard InChI is InChI=1S/C32H46F4O/c1-3-5-23-8-10-24(11-9-23)25-14-16-27(17-15-25)32(35,36)20-21-37-29-19-18-28(30(33)31(29)34)26-12-6-22(4-2)7-13-26/h4,18-19,22-27H,2-3,5-17,20-21H2,1H3. The fourth-order valence-electron chi connectivity index (χ4n) is 7.51. The highest BCUT2D eigenvalue weighted by Crippen LogP contribution is 2.46. The van der Waals surface area contributed by atoms with Crippen LogP contribution in [0, 0.1) is 41.2 Å². The Bertz CT molecular complexity index is 860. The zero-order valence-corrected chi connectivity index (χ0v) is 22.6. The van der Waals surface area contributed by atoms with Crippen molar-refractivity contribution in [3.05, 3.63) is 42.0 Å². The van der Waals surface area contributed by atoms with Gasteiger partial charge in [0.05, 0.1) is 6.61 Å². The third-order valence-corrected chi connectivity index (χ3v) is 9.94. The molecule has 3 fully saturated rings. The van der Waals surface area contributed by atoms with E-state index in [2.05, 4.69) is 13.5 Å². The molecule has 0 saturated heterocycles. The Hall–Kier alpha value is -1.52. The average Bonchev–Trinajstić information content (AvgIpc) is 2.92. The van der Waals surface area contributed by atoms with Crippen molar-refractivity contribution in [2.75, 3.05) is 6.61 Å². The van der Waals surface area contributed by atoms with E-state index in [1.165, 1.54) is 44.6 Å². The minimum atomic E-state index is -2.84. The molecule has 1 nitrogen and oxygen atoms in total. The van der Waals surface area contributed by atoms with E-state index in [0.29, 0.717) is 36.2 Å². The molecule has 0 heterocycles. The molecular weight excluding hydrogens is 476 g/mol. The van der Waals surface area contributed by atoms with Crippen molar-refractivity contribution in [1.29, 1.82) is 0 Å². The maximum absolute atomic E-state index is 15.0. The van der Waals surface area contributed by atoms with Crippen molar-refractivity contribution in [1.82, 2.24) is 0 Å². The molecule has 4 rings (SSSR count).